The summed E-state index contributed by atoms with van der Waals surface area (Å²) in [5.74, 6) is 4.78. The van der Waals surface area contributed by atoms with Gasteiger partial charge < -0.3 is 21.1 Å². The van der Waals surface area contributed by atoms with Crippen molar-refractivity contribution in [3.8, 4) is 0 Å². The van der Waals surface area contributed by atoms with Gasteiger partial charge in [-0.2, -0.15) is 0 Å². The zero-order chi connectivity index (χ0) is 31.9. The second-order valence-corrected chi connectivity index (χ2v) is 16.2. The molecule has 3 saturated carbocycles. The number of amides is 1. The van der Waals surface area contributed by atoms with Crippen molar-refractivity contribution in [2.45, 2.75) is 143 Å². The third kappa shape index (κ3) is 8.11. The number of fused-ring (bicyclic) bond motifs is 5. The molecule has 252 valence electrons. The smallest absolute Gasteiger partial charge is 0.306 e. The topological polar surface area (TPSA) is 98.7 Å². The molecular weight excluding hydrogens is 546 g/mol. The van der Waals surface area contributed by atoms with Crippen LogP contribution in [0.3, 0.4) is 0 Å². The third-order valence-electron chi connectivity index (χ3n) is 13.0. The standard InChI is InChI=1S/C38H67N3O3/c1-27(2)10-8-11-28(3)32-14-15-33-31-13-12-29-26-30(18-20-37(29,4)34(31)19-21-38(32,33)5)44-36(43)17-16-35(42)41(25-9-23-40)24-7-6-22-39/h12,27-28,30-34H,6-11,13-26,39-40H2,1-5H3/t28-,30+,31+,32-,33+,34?,37+,38-/m1/s1. The second kappa shape index (κ2) is 15.9. The number of carbonyl (C=O) groups excluding carboxylic acids is 2. The van der Waals surface area contributed by atoms with Crippen LogP contribution in [-0.2, 0) is 14.3 Å². The molecule has 6 heteroatoms. The Labute approximate surface area is 269 Å². The van der Waals surface area contributed by atoms with E-state index in [1.54, 1.807) is 5.57 Å². The van der Waals surface area contributed by atoms with Gasteiger partial charge in [0.1, 0.15) is 6.10 Å². The maximum Gasteiger partial charge on any atom is 0.306 e. The van der Waals surface area contributed by atoms with Crippen molar-refractivity contribution < 1.29 is 14.3 Å². The molecule has 0 aromatic rings. The molecule has 0 aromatic carbocycles. The second-order valence-electron chi connectivity index (χ2n) is 16.2. The van der Waals surface area contributed by atoms with E-state index in [1.165, 1.54) is 51.4 Å². The summed E-state index contributed by atoms with van der Waals surface area (Å²) in [6.07, 6.45) is 19.3. The number of hydrogen-bond acceptors (Lipinski definition) is 5. The summed E-state index contributed by atoms with van der Waals surface area (Å²) in [5.41, 5.74) is 13.6. The zero-order valence-corrected chi connectivity index (χ0v) is 29.1. The van der Waals surface area contributed by atoms with Gasteiger partial charge in [0.2, 0.25) is 5.91 Å². The summed E-state index contributed by atoms with van der Waals surface area (Å²) in [4.78, 5) is 27.6. The van der Waals surface area contributed by atoms with E-state index < -0.39 is 0 Å². The van der Waals surface area contributed by atoms with E-state index in [4.69, 9.17) is 16.2 Å². The zero-order valence-electron chi connectivity index (χ0n) is 29.1. The van der Waals surface area contributed by atoms with Crippen molar-refractivity contribution in [3.05, 3.63) is 11.6 Å². The van der Waals surface area contributed by atoms with Gasteiger partial charge in [-0.3, -0.25) is 9.59 Å². The van der Waals surface area contributed by atoms with Crippen molar-refractivity contribution in [2.24, 2.45) is 57.8 Å². The van der Waals surface area contributed by atoms with Crippen LogP contribution in [-0.4, -0.2) is 49.1 Å². The Morgan fingerprint density at radius 3 is 2.39 bits per heavy atom. The summed E-state index contributed by atoms with van der Waals surface area (Å²) in [6, 6.07) is 0. The first-order valence-electron chi connectivity index (χ1n) is 18.6. The molecule has 1 amide bonds. The summed E-state index contributed by atoms with van der Waals surface area (Å²) >= 11 is 0. The normalized spacial score (nSPS) is 33.6. The first-order chi connectivity index (χ1) is 21.0. The van der Waals surface area contributed by atoms with Gasteiger partial charge in [-0.05, 0) is 124 Å². The predicted molar refractivity (Wildman–Crippen MR) is 181 cm³/mol. The van der Waals surface area contributed by atoms with Crippen LogP contribution >= 0.6 is 0 Å². The van der Waals surface area contributed by atoms with Crippen LogP contribution < -0.4 is 11.5 Å². The van der Waals surface area contributed by atoms with Crippen molar-refractivity contribution in [3.63, 3.8) is 0 Å². The molecule has 44 heavy (non-hydrogen) atoms. The van der Waals surface area contributed by atoms with Gasteiger partial charge in [0.25, 0.3) is 0 Å². The van der Waals surface area contributed by atoms with Crippen molar-refractivity contribution in [1.29, 1.82) is 0 Å². The summed E-state index contributed by atoms with van der Waals surface area (Å²) in [5, 5.41) is 0. The van der Waals surface area contributed by atoms with Crippen molar-refractivity contribution >= 4 is 11.9 Å². The van der Waals surface area contributed by atoms with E-state index in [1.807, 2.05) is 4.90 Å². The Bertz CT molecular complexity index is 980. The highest BCUT2D eigenvalue weighted by Gasteiger charge is 2.59. The number of nitrogens with two attached hydrogens (primary N) is 2. The Morgan fingerprint density at radius 1 is 0.909 bits per heavy atom. The largest absolute Gasteiger partial charge is 0.462 e. The van der Waals surface area contributed by atoms with E-state index >= 15 is 0 Å². The quantitative estimate of drug-likeness (QED) is 0.106. The van der Waals surface area contributed by atoms with Gasteiger partial charge in [-0.15, -0.1) is 0 Å². The number of esters is 1. The van der Waals surface area contributed by atoms with Gasteiger partial charge in [-0.25, -0.2) is 0 Å². The fraction of sp³-hybridized carbons (Fsp3) is 0.895. The molecule has 4 aliphatic rings. The molecule has 0 aromatic heterocycles. The molecule has 8 atom stereocenters. The summed E-state index contributed by atoms with van der Waals surface area (Å²) < 4.78 is 6.02. The van der Waals surface area contributed by atoms with Gasteiger partial charge in [0.15, 0.2) is 0 Å². The maximum absolute atomic E-state index is 12.9. The minimum atomic E-state index is -0.227. The molecule has 0 heterocycles. The minimum Gasteiger partial charge on any atom is -0.462 e. The SMILES string of the molecule is CC(C)CCC[C@@H](C)[C@H]1CC[C@H]2[C@@H]3CC=C4C[C@@H](OC(=O)CCC(=O)N(CCCN)CCCCN)CC[C@]4(C)C3CC[C@]12C. The van der Waals surface area contributed by atoms with E-state index in [0.29, 0.717) is 31.6 Å². The number of unbranched alkanes of at least 4 members (excludes halogenated alkanes) is 1. The molecule has 4 rings (SSSR count). The molecule has 1 unspecified atom stereocenters. The molecule has 0 radical (unpaired) electrons. The van der Waals surface area contributed by atoms with Crippen LogP contribution in [0.1, 0.15) is 137 Å². The van der Waals surface area contributed by atoms with Crippen LogP contribution in [0.4, 0.5) is 0 Å². The number of allylic oxidation sites excluding steroid dienone is 1. The molecule has 4 N–H and O–H groups in total. The molecular formula is C38H67N3O3. The monoisotopic (exact) mass is 614 g/mol. The van der Waals surface area contributed by atoms with Crippen LogP contribution in [0.15, 0.2) is 11.6 Å². The molecule has 0 spiro atoms. The van der Waals surface area contributed by atoms with Crippen LogP contribution in [0, 0.1) is 46.3 Å². The molecule has 3 fully saturated rings. The van der Waals surface area contributed by atoms with Crippen LogP contribution in [0.5, 0.6) is 0 Å². The lowest BCUT2D eigenvalue weighted by Gasteiger charge is -2.58. The molecule has 0 aliphatic heterocycles. The lowest BCUT2D eigenvalue weighted by atomic mass is 9.47. The summed E-state index contributed by atoms with van der Waals surface area (Å²) in [7, 11) is 0. The molecule has 0 saturated heterocycles. The molecule has 4 aliphatic carbocycles. The van der Waals surface area contributed by atoms with E-state index in [2.05, 4.69) is 40.7 Å². The Hall–Kier alpha value is -1.40. The lowest BCUT2D eigenvalue weighted by Crippen LogP contribution is -2.51. The molecule has 6 nitrogen and oxygen atoms in total. The Balaban J connectivity index is 1.30. The molecule has 0 bridgehead atoms. The number of carbonyl (C=O) groups is 2. The first kappa shape index (κ1) is 35.5. The van der Waals surface area contributed by atoms with Crippen molar-refractivity contribution in [1.82, 2.24) is 4.90 Å². The highest BCUT2D eigenvalue weighted by atomic mass is 16.5. The highest BCUT2D eigenvalue weighted by Crippen LogP contribution is 2.67. The Kier molecular flexibility index (Phi) is 12.8. The van der Waals surface area contributed by atoms with Crippen molar-refractivity contribution in [2.75, 3.05) is 26.2 Å². The average Bonchev–Trinajstić information content (AvgIpc) is 3.35. The fourth-order valence-electron chi connectivity index (χ4n) is 10.5. The number of nitrogens with zero attached hydrogens (tertiary/aromatic N) is 1. The van der Waals surface area contributed by atoms with Gasteiger partial charge in [0, 0.05) is 25.9 Å². The van der Waals surface area contributed by atoms with Gasteiger partial charge >= 0.3 is 5.97 Å². The fourth-order valence-corrected chi connectivity index (χ4v) is 10.5. The summed E-state index contributed by atoms with van der Waals surface area (Å²) in [6.45, 7) is 15.0. The third-order valence-corrected chi connectivity index (χ3v) is 13.0. The Morgan fingerprint density at radius 2 is 1.66 bits per heavy atom. The van der Waals surface area contributed by atoms with Gasteiger partial charge in [-0.1, -0.05) is 65.5 Å². The van der Waals surface area contributed by atoms with E-state index in [0.717, 1.165) is 74.0 Å². The van der Waals surface area contributed by atoms with Gasteiger partial charge in [0.05, 0.1) is 6.42 Å². The van der Waals surface area contributed by atoms with Crippen LogP contribution in [0.2, 0.25) is 0 Å². The maximum atomic E-state index is 12.9. The van der Waals surface area contributed by atoms with E-state index in [9.17, 15) is 9.59 Å². The lowest BCUT2D eigenvalue weighted by molar-refractivity contribution is -0.153. The number of rotatable bonds is 16. The predicted octanol–water partition coefficient (Wildman–Crippen LogP) is 7.64. The highest BCUT2D eigenvalue weighted by molar-refractivity contribution is 5.81. The number of ether oxygens (including phenoxy) is 1. The minimum absolute atomic E-state index is 0.0214. The van der Waals surface area contributed by atoms with E-state index in [-0.39, 0.29) is 36.2 Å². The van der Waals surface area contributed by atoms with Crippen LogP contribution in [0.25, 0.3) is 0 Å². The average molecular weight is 614 g/mol. The number of hydrogen-bond donors (Lipinski definition) is 2. The first-order valence-corrected chi connectivity index (χ1v) is 18.6.